The fraction of sp³-hybridized carbons (Fsp3) is 0.167. The van der Waals surface area contributed by atoms with Crippen molar-refractivity contribution in [3.05, 3.63) is 57.8 Å². The Morgan fingerprint density at radius 1 is 1.18 bits per heavy atom. The summed E-state index contributed by atoms with van der Waals surface area (Å²) >= 11 is 11.9. The van der Waals surface area contributed by atoms with Gasteiger partial charge in [-0.1, -0.05) is 29.3 Å². The molecule has 0 aliphatic rings. The highest BCUT2D eigenvalue weighted by Crippen LogP contribution is 2.28. The molecule has 17 heavy (non-hydrogen) atoms. The third-order valence-electron chi connectivity index (χ3n) is 2.53. The molecular formula is C12H11Cl2N3. The first-order valence-electron chi connectivity index (χ1n) is 5.15. The Hall–Kier alpha value is -1.16. The maximum atomic E-state index is 5.99. The maximum absolute atomic E-state index is 5.99. The SMILES string of the molecule is NCC(c1ccc(Cl)c(Cl)c1)c1cccnn1. The standard InChI is InChI=1S/C12H11Cl2N3/c13-10-4-3-8(6-11(10)14)9(7-15)12-2-1-5-16-17-12/h1-6,9H,7,15H2. The first-order valence-corrected chi connectivity index (χ1v) is 5.90. The summed E-state index contributed by atoms with van der Waals surface area (Å²) in [7, 11) is 0. The summed E-state index contributed by atoms with van der Waals surface area (Å²) in [4.78, 5) is 0. The number of aromatic nitrogens is 2. The van der Waals surface area contributed by atoms with Crippen LogP contribution in [0.3, 0.4) is 0 Å². The van der Waals surface area contributed by atoms with Crippen molar-refractivity contribution >= 4 is 23.2 Å². The molecule has 1 heterocycles. The van der Waals surface area contributed by atoms with Gasteiger partial charge in [0.1, 0.15) is 0 Å². The van der Waals surface area contributed by atoms with Gasteiger partial charge in [0.05, 0.1) is 15.7 Å². The van der Waals surface area contributed by atoms with Gasteiger partial charge in [0.15, 0.2) is 0 Å². The second kappa shape index (κ2) is 5.45. The molecule has 88 valence electrons. The van der Waals surface area contributed by atoms with Crippen LogP contribution < -0.4 is 5.73 Å². The van der Waals surface area contributed by atoms with Gasteiger partial charge in [-0.05, 0) is 29.8 Å². The van der Waals surface area contributed by atoms with Crippen molar-refractivity contribution in [2.24, 2.45) is 5.73 Å². The minimum atomic E-state index is -0.0153. The molecule has 0 saturated heterocycles. The minimum absolute atomic E-state index is 0.0153. The zero-order valence-electron chi connectivity index (χ0n) is 8.98. The van der Waals surface area contributed by atoms with Gasteiger partial charge in [-0.15, -0.1) is 0 Å². The zero-order valence-corrected chi connectivity index (χ0v) is 10.5. The van der Waals surface area contributed by atoms with E-state index in [0.717, 1.165) is 11.3 Å². The molecule has 1 unspecified atom stereocenters. The van der Waals surface area contributed by atoms with Crippen LogP contribution in [-0.2, 0) is 0 Å². The predicted molar refractivity (Wildman–Crippen MR) is 69.4 cm³/mol. The number of nitrogens with two attached hydrogens (primary N) is 1. The monoisotopic (exact) mass is 267 g/mol. The van der Waals surface area contributed by atoms with Crippen LogP contribution in [0.1, 0.15) is 17.2 Å². The Bertz CT molecular complexity index is 502. The molecule has 0 bridgehead atoms. The summed E-state index contributed by atoms with van der Waals surface area (Å²) in [6.07, 6.45) is 1.63. The van der Waals surface area contributed by atoms with Crippen LogP contribution in [0.2, 0.25) is 10.0 Å². The van der Waals surface area contributed by atoms with Gasteiger partial charge in [0, 0.05) is 18.7 Å². The van der Waals surface area contributed by atoms with Gasteiger partial charge in [-0.2, -0.15) is 10.2 Å². The van der Waals surface area contributed by atoms with E-state index in [1.54, 1.807) is 12.3 Å². The molecule has 0 spiro atoms. The summed E-state index contributed by atoms with van der Waals surface area (Å²) in [6.45, 7) is 0.441. The summed E-state index contributed by atoms with van der Waals surface area (Å²) in [5, 5.41) is 8.98. The largest absolute Gasteiger partial charge is 0.329 e. The van der Waals surface area contributed by atoms with Crippen molar-refractivity contribution in [1.29, 1.82) is 0 Å². The average Bonchev–Trinajstić information content (AvgIpc) is 2.36. The quantitative estimate of drug-likeness (QED) is 0.931. The summed E-state index contributed by atoms with van der Waals surface area (Å²) < 4.78 is 0. The maximum Gasteiger partial charge on any atom is 0.0718 e. The molecule has 5 heteroatoms. The molecular weight excluding hydrogens is 257 g/mol. The van der Waals surface area contributed by atoms with E-state index in [-0.39, 0.29) is 5.92 Å². The molecule has 1 aromatic carbocycles. The second-order valence-corrected chi connectivity index (χ2v) is 4.42. The van der Waals surface area contributed by atoms with Crippen molar-refractivity contribution < 1.29 is 0 Å². The van der Waals surface area contributed by atoms with Crippen molar-refractivity contribution in [3.8, 4) is 0 Å². The summed E-state index contributed by atoms with van der Waals surface area (Å²) in [5.74, 6) is -0.0153. The molecule has 2 aromatic rings. The summed E-state index contributed by atoms with van der Waals surface area (Å²) in [5.41, 5.74) is 7.60. The molecule has 2 N–H and O–H groups in total. The Morgan fingerprint density at radius 2 is 2.00 bits per heavy atom. The highest BCUT2D eigenvalue weighted by atomic mass is 35.5. The lowest BCUT2D eigenvalue weighted by Crippen LogP contribution is -2.15. The van der Waals surface area contributed by atoms with Gasteiger partial charge >= 0.3 is 0 Å². The fourth-order valence-electron chi connectivity index (χ4n) is 1.66. The van der Waals surface area contributed by atoms with Crippen LogP contribution in [0.5, 0.6) is 0 Å². The molecule has 0 saturated carbocycles. The Morgan fingerprint density at radius 3 is 2.59 bits per heavy atom. The highest BCUT2D eigenvalue weighted by Gasteiger charge is 2.15. The molecule has 1 atom stereocenters. The van der Waals surface area contributed by atoms with E-state index in [1.807, 2.05) is 24.3 Å². The third kappa shape index (κ3) is 2.75. The van der Waals surface area contributed by atoms with E-state index >= 15 is 0 Å². The second-order valence-electron chi connectivity index (χ2n) is 3.61. The average molecular weight is 268 g/mol. The Labute approximate surface area is 110 Å². The van der Waals surface area contributed by atoms with E-state index in [2.05, 4.69) is 10.2 Å². The smallest absolute Gasteiger partial charge is 0.0718 e. The van der Waals surface area contributed by atoms with E-state index in [1.165, 1.54) is 0 Å². The Kier molecular flexibility index (Phi) is 3.94. The van der Waals surface area contributed by atoms with Crippen LogP contribution in [0, 0.1) is 0 Å². The normalized spacial score (nSPS) is 12.4. The lowest BCUT2D eigenvalue weighted by atomic mass is 9.96. The fourth-order valence-corrected chi connectivity index (χ4v) is 1.96. The van der Waals surface area contributed by atoms with Gasteiger partial charge in [-0.3, -0.25) is 0 Å². The van der Waals surface area contributed by atoms with Crippen LogP contribution in [0.15, 0.2) is 36.5 Å². The van der Waals surface area contributed by atoms with Crippen molar-refractivity contribution in [2.75, 3.05) is 6.54 Å². The van der Waals surface area contributed by atoms with E-state index < -0.39 is 0 Å². The topological polar surface area (TPSA) is 51.8 Å². The van der Waals surface area contributed by atoms with Crippen LogP contribution >= 0.6 is 23.2 Å². The van der Waals surface area contributed by atoms with E-state index in [9.17, 15) is 0 Å². The van der Waals surface area contributed by atoms with Crippen molar-refractivity contribution in [1.82, 2.24) is 10.2 Å². The van der Waals surface area contributed by atoms with Gasteiger partial charge in [0.2, 0.25) is 0 Å². The Balaban J connectivity index is 2.39. The highest BCUT2D eigenvalue weighted by molar-refractivity contribution is 6.42. The van der Waals surface area contributed by atoms with Crippen LogP contribution in [0.4, 0.5) is 0 Å². The summed E-state index contributed by atoms with van der Waals surface area (Å²) in [6, 6.07) is 9.21. The van der Waals surface area contributed by atoms with E-state index in [4.69, 9.17) is 28.9 Å². The lowest BCUT2D eigenvalue weighted by Gasteiger charge is -2.14. The van der Waals surface area contributed by atoms with Crippen molar-refractivity contribution in [2.45, 2.75) is 5.92 Å². The molecule has 0 radical (unpaired) electrons. The van der Waals surface area contributed by atoms with Crippen LogP contribution in [0.25, 0.3) is 0 Å². The molecule has 0 aliphatic carbocycles. The molecule has 2 rings (SSSR count). The van der Waals surface area contributed by atoms with Gasteiger partial charge in [0.25, 0.3) is 0 Å². The molecule has 0 aliphatic heterocycles. The van der Waals surface area contributed by atoms with Gasteiger partial charge in [-0.25, -0.2) is 0 Å². The van der Waals surface area contributed by atoms with Crippen LogP contribution in [-0.4, -0.2) is 16.7 Å². The number of hydrogen-bond donors (Lipinski definition) is 1. The minimum Gasteiger partial charge on any atom is -0.329 e. The predicted octanol–water partition coefficient (Wildman–Crippen LogP) is 2.87. The number of hydrogen-bond acceptors (Lipinski definition) is 3. The molecule has 1 aromatic heterocycles. The molecule has 0 fully saturated rings. The number of nitrogens with zero attached hydrogens (tertiary/aromatic N) is 2. The number of halogens is 2. The van der Waals surface area contributed by atoms with E-state index in [0.29, 0.717) is 16.6 Å². The number of benzene rings is 1. The zero-order chi connectivity index (χ0) is 12.3. The third-order valence-corrected chi connectivity index (χ3v) is 3.27. The first-order chi connectivity index (χ1) is 8.22. The lowest BCUT2D eigenvalue weighted by molar-refractivity contribution is 0.760. The number of rotatable bonds is 3. The van der Waals surface area contributed by atoms with Gasteiger partial charge < -0.3 is 5.73 Å². The first kappa shape index (κ1) is 12.3. The molecule has 3 nitrogen and oxygen atoms in total. The molecule has 0 amide bonds. The van der Waals surface area contributed by atoms with Crippen molar-refractivity contribution in [3.63, 3.8) is 0 Å².